The first kappa shape index (κ1) is 14.6. The molecule has 1 unspecified atom stereocenters. The number of hydrogen-bond acceptors (Lipinski definition) is 3. The first-order valence-corrected chi connectivity index (χ1v) is 7.50. The van der Waals surface area contributed by atoms with Crippen LogP contribution in [0.1, 0.15) is 19.8 Å². The van der Waals surface area contributed by atoms with Gasteiger partial charge in [-0.3, -0.25) is 4.90 Å². The van der Waals surface area contributed by atoms with Crippen LogP contribution in [0.5, 0.6) is 5.75 Å². The second-order valence-electron chi connectivity index (χ2n) is 4.93. The molecule has 19 heavy (non-hydrogen) atoms. The van der Waals surface area contributed by atoms with E-state index in [4.69, 9.17) is 16.3 Å². The largest absolute Gasteiger partial charge is 0.494 e. The molecule has 0 radical (unpaired) electrons. The van der Waals surface area contributed by atoms with Crippen LogP contribution in [0.4, 0.5) is 0 Å². The first-order valence-electron chi connectivity index (χ1n) is 7.12. The topological polar surface area (TPSA) is 24.5 Å². The molecule has 0 aliphatic carbocycles. The van der Waals surface area contributed by atoms with Gasteiger partial charge in [-0.05, 0) is 50.2 Å². The molecule has 106 valence electrons. The van der Waals surface area contributed by atoms with Gasteiger partial charge in [-0.2, -0.15) is 0 Å². The predicted octanol–water partition coefficient (Wildman–Crippen LogP) is 2.79. The van der Waals surface area contributed by atoms with Crippen molar-refractivity contribution in [3.05, 3.63) is 29.3 Å². The Morgan fingerprint density at radius 1 is 1.37 bits per heavy atom. The molecule has 4 heteroatoms. The van der Waals surface area contributed by atoms with Crippen LogP contribution in [0.15, 0.2) is 24.3 Å². The maximum absolute atomic E-state index is 5.84. The van der Waals surface area contributed by atoms with Gasteiger partial charge in [-0.25, -0.2) is 0 Å². The third-order valence-electron chi connectivity index (χ3n) is 3.63. The van der Waals surface area contributed by atoms with Gasteiger partial charge in [0.1, 0.15) is 5.75 Å². The summed E-state index contributed by atoms with van der Waals surface area (Å²) < 4.78 is 5.72. The fraction of sp³-hybridized carbons (Fsp3) is 0.600. The van der Waals surface area contributed by atoms with E-state index in [1.807, 2.05) is 24.3 Å². The van der Waals surface area contributed by atoms with Crippen LogP contribution in [0.3, 0.4) is 0 Å². The maximum Gasteiger partial charge on any atom is 0.119 e. The standard InChI is InChI=1S/C15H23ClN2O/c1-2-18(14-8-9-17-12-14)10-3-11-19-15-6-4-13(16)5-7-15/h4-7,14,17H,2-3,8-12H2,1H3. The van der Waals surface area contributed by atoms with Gasteiger partial charge in [0, 0.05) is 24.2 Å². The van der Waals surface area contributed by atoms with Gasteiger partial charge in [0.15, 0.2) is 0 Å². The Balaban J connectivity index is 1.66. The van der Waals surface area contributed by atoms with Crippen molar-refractivity contribution in [3.63, 3.8) is 0 Å². The molecule has 0 bridgehead atoms. The highest BCUT2D eigenvalue weighted by Crippen LogP contribution is 2.16. The fourth-order valence-corrected chi connectivity index (χ4v) is 2.66. The highest BCUT2D eigenvalue weighted by Gasteiger charge is 2.20. The number of ether oxygens (including phenoxy) is 1. The quantitative estimate of drug-likeness (QED) is 0.779. The van der Waals surface area contributed by atoms with Crippen molar-refractivity contribution in [2.24, 2.45) is 0 Å². The number of rotatable bonds is 7. The van der Waals surface area contributed by atoms with Gasteiger partial charge in [0.25, 0.3) is 0 Å². The van der Waals surface area contributed by atoms with Crippen LogP contribution in [0.2, 0.25) is 5.02 Å². The van der Waals surface area contributed by atoms with Crippen LogP contribution in [0.25, 0.3) is 0 Å². The van der Waals surface area contributed by atoms with Crippen molar-refractivity contribution in [3.8, 4) is 5.75 Å². The average Bonchev–Trinajstić information content (AvgIpc) is 2.95. The highest BCUT2D eigenvalue weighted by atomic mass is 35.5. The van der Waals surface area contributed by atoms with Crippen molar-refractivity contribution < 1.29 is 4.74 Å². The Labute approximate surface area is 120 Å². The Morgan fingerprint density at radius 2 is 2.16 bits per heavy atom. The summed E-state index contributed by atoms with van der Waals surface area (Å²) in [5.41, 5.74) is 0. The summed E-state index contributed by atoms with van der Waals surface area (Å²) in [4.78, 5) is 2.55. The highest BCUT2D eigenvalue weighted by molar-refractivity contribution is 6.30. The lowest BCUT2D eigenvalue weighted by Gasteiger charge is -2.26. The van der Waals surface area contributed by atoms with Crippen molar-refractivity contribution in [1.82, 2.24) is 10.2 Å². The minimum absolute atomic E-state index is 0.709. The number of nitrogens with zero attached hydrogens (tertiary/aromatic N) is 1. The van der Waals surface area contributed by atoms with E-state index in [1.54, 1.807) is 0 Å². The molecule has 1 aromatic rings. The van der Waals surface area contributed by atoms with Crippen molar-refractivity contribution >= 4 is 11.6 Å². The van der Waals surface area contributed by atoms with Crippen LogP contribution >= 0.6 is 11.6 Å². The van der Waals surface area contributed by atoms with E-state index in [1.165, 1.54) is 6.42 Å². The molecule has 1 aliphatic heterocycles. The molecule has 1 atom stereocenters. The molecule has 3 nitrogen and oxygen atoms in total. The Kier molecular flexibility index (Phi) is 5.95. The van der Waals surface area contributed by atoms with Gasteiger partial charge in [-0.1, -0.05) is 18.5 Å². The van der Waals surface area contributed by atoms with E-state index in [0.29, 0.717) is 6.04 Å². The monoisotopic (exact) mass is 282 g/mol. The summed E-state index contributed by atoms with van der Waals surface area (Å²) in [7, 11) is 0. The molecule has 2 rings (SSSR count). The third kappa shape index (κ3) is 4.68. The molecule has 1 heterocycles. The van der Waals surface area contributed by atoms with Gasteiger partial charge in [-0.15, -0.1) is 0 Å². The predicted molar refractivity (Wildman–Crippen MR) is 80.1 cm³/mol. The van der Waals surface area contributed by atoms with Crippen LogP contribution in [0, 0.1) is 0 Å². The molecule has 1 N–H and O–H groups in total. The molecule has 0 amide bonds. The van der Waals surface area contributed by atoms with Gasteiger partial charge >= 0.3 is 0 Å². The number of hydrogen-bond donors (Lipinski definition) is 1. The third-order valence-corrected chi connectivity index (χ3v) is 3.88. The Bertz CT molecular complexity index is 363. The van der Waals surface area contributed by atoms with Gasteiger partial charge in [0.2, 0.25) is 0 Å². The minimum atomic E-state index is 0.709. The Hall–Kier alpha value is -0.770. The van der Waals surface area contributed by atoms with E-state index in [9.17, 15) is 0 Å². The summed E-state index contributed by atoms with van der Waals surface area (Å²) in [6.07, 6.45) is 2.33. The van der Waals surface area contributed by atoms with E-state index in [2.05, 4.69) is 17.1 Å². The van der Waals surface area contributed by atoms with E-state index in [-0.39, 0.29) is 0 Å². The lowest BCUT2D eigenvalue weighted by molar-refractivity contribution is 0.196. The van der Waals surface area contributed by atoms with Gasteiger partial charge < -0.3 is 10.1 Å². The maximum atomic E-state index is 5.84. The van der Waals surface area contributed by atoms with Crippen LogP contribution < -0.4 is 10.1 Å². The average molecular weight is 283 g/mol. The number of halogens is 1. The number of nitrogens with one attached hydrogen (secondary N) is 1. The summed E-state index contributed by atoms with van der Waals surface area (Å²) in [5.74, 6) is 0.898. The van der Waals surface area contributed by atoms with E-state index < -0.39 is 0 Å². The van der Waals surface area contributed by atoms with E-state index in [0.717, 1.165) is 50.0 Å². The summed E-state index contributed by atoms with van der Waals surface area (Å²) in [6.45, 7) is 7.51. The first-order chi connectivity index (χ1) is 9.29. The lowest BCUT2D eigenvalue weighted by atomic mass is 10.2. The zero-order valence-corrected chi connectivity index (χ0v) is 12.3. The molecule has 1 saturated heterocycles. The number of benzene rings is 1. The second kappa shape index (κ2) is 7.73. The van der Waals surface area contributed by atoms with Crippen molar-refractivity contribution in [2.45, 2.75) is 25.8 Å². The zero-order valence-electron chi connectivity index (χ0n) is 11.6. The molecule has 0 aromatic heterocycles. The van der Waals surface area contributed by atoms with Crippen molar-refractivity contribution in [2.75, 3.05) is 32.8 Å². The smallest absolute Gasteiger partial charge is 0.119 e. The normalized spacial score (nSPS) is 19.0. The minimum Gasteiger partial charge on any atom is -0.494 e. The number of likely N-dealkylation sites (N-methyl/N-ethyl adjacent to an activating group) is 1. The SMILES string of the molecule is CCN(CCCOc1ccc(Cl)cc1)C1CCNC1. The molecule has 0 saturated carbocycles. The second-order valence-corrected chi connectivity index (χ2v) is 5.37. The van der Waals surface area contributed by atoms with E-state index >= 15 is 0 Å². The summed E-state index contributed by atoms with van der Waals surface area (Å²) in [6, 6.07) is 8.26. The van der Waals surface area contributed by atoms with Crippen molar-refractivity contribution in [1.29, 1.82) is 0 Å². The molecule has 1 fully saturated rings. The van der Waals surface area contributed by atoms with Crippen LogP contribution in [-0.2, 0) is 0 Å². The zero-order chi connectivity index (χ0) is 13.5. The van der Waals surface area contributed by atoms with Gasteiger partial charge in [0.05, 0.1) is 6.61 Å². The molecular weight excluding hydrogens is 260 g/mol. The Morgan fingerprint density at radius 3 is 2.79 bits per heavy atom. The summed E-state index contributed by atoms with van der Waals surface area (Å²) >= 11 is 5.84. The molecule has 1 aromatic carbocycles. The van der Waals surface area contributed by atoms with Crippen LogP contribution in [-0.4, -0.2) is 43.7 Å². The fourth-order valence-electron chi connectivity index (χ4n) is 2.54. The lowest BCUT2D eigenvalue weighted by Crippen LogP contribution is -2.37. The molecule has 1 aliphatic rings. The molecular formula is C15H23ClN2O. The summed E-state index contributed by atoms with van der Waals surface area (Å²) in [5, 5.41) is 4.17. The molecule has 0 spiro atoms.